The van der Waals surface area contributed by atoms with Crippen molar-refractivity contribution in [3.63, 3.8) is 0 Å². The van der Waals surface area contributed by atoms with Crippen LogP contribution >= 0.6 is 35.0 Å². The molecule has 0 saturated heterocycles. The molecule has 4 aromatic rings. The normalized spacial score (nSPS) is 11.8. The van der Waals surface area contributed by atoms with Crippen LogP contribution in [0.25, 0.3) is 6.08 Å². The van der Waals surface area contributed by atoms with E-state index in [2.05, 4.69) is 16.0 Å². The third kappa shape index (κ3) is 8.70. The van der Waals surface area contributed by atoms with Gasteiger partial charge >= 0.3 is 0 Å². The molecule has 4 rings (SSSR count). The Morgan fingerprint density at radius 3 is 2.27 bits per heavy atom. The van der Waals surface area contributed by atoms with Crippen LogP contribution in [0.15, 0.2) is 102 Å². The molecule has 44 heavy (non-hydrogen) atoms. The summed E-state index contributed by atoms with van der Waals surface area (Å²) in [4.78, 5) is 50.3. The molecule has 1 atom stereocenters. The molecule has 0 saturated carbocycles. The van der Waals surface area contributed by atoms with E-state index in [0.717, 1.165) is 4.90 Å². The first kappa shape index (κ1) is 32.3. The Kier molecular flexibility index (Phi) is 10.8. The van der Waals surface area contributed by atoms with Crippen molar-refractivity contribution in [1.29, 1.82) is 0 Å². The lowest BCUT2D eigenvalue weighted by Gasteiger charge is -2.14. The molecule has 0 fully saturated rings. The molecule has 3 N–H and O–H groups in total. The van der Waals surface area contributed by atoms with Crippen LogP contribution in [0.1, 0.15) is 28.4 Å². The quantitative estimate of drug-likeness (QED) is 0.0698. The molecular formula is C32H26Cl2N4O5S. The summed E-state index contributed by atoms with van der Waals surface area (Å²) in [6, 6.07) is 24.4. The zero-order valence-corrected chi connectivity index (χ0v) is 25.8. The number of carbonyl (C=O) groups is 3. The van der Waals surface area contributed by atoms with E-state index in [9.17, 15) is 24.5 Å². The van der Waals surface area contributed by atoms with Gasteiger partial charge in [0.1, 0.15) is 5.70 Å². The smallest absolute Gasteiger partial charge is 0.272 e. The Morgan fingerprint density at radius 2 is 1.61 bits per heavy atom. The number of carbonyl (C=O) groups excluding carboxylic acids is 3. The maximum absolute atomic E-state index is 13.3. The van der Waals surface area contributed by atoms with Crippen molar-refractivity contribution >= 4 is 75.8 Å². The summed E-state index contributed by atoms with van der Waals surface area (Å²) in [6.07, 6.45) is 1.46. The molecule has 3 amide bonds. The van der Waals surface area contributed by atoms with Crippen molar-refractivity contribution in [1.82, 2.24) is 5.32 Å². The van der Waals surface area contributed by atoms with Gasteiger partial charge in [-0.3, -0.25) is 24.5 Å². The van der Waals surface area contributed by atoms with Crippen molar-refractivity contribution in [2.24, 2.45) is 0 Å². The molecule has 4 aromatic carbocycles. The average molecular weight is 650 g/mol. The number of hydrogen-bond donors (Lipinski definition) is 3. The standard InChI is InChI=1S/C32H26Cl2N4O5S/c1-19-8-13-25(38(42)43)18-28(19)36-30(39)20(2)44-26-14-11-24(12-15-26)35-32(41)29(16-22-9-10-23(33)17-27(22)34)37-31(40)21-6-4-3-5-7-21/h3-18,20H,1-2H3,(H,35,41)(H,36,39)(H,37,40)/b29-16-. The average Bonchev–Trinajstić information content (AvgIpc) is 3.00. The predicted molar refractivity (Wildman–Crippen MR) is 175 cm³/mol. The topological polar surface area (TPSA) is 130 Å². The fraction of sp³-hybridized carbons (Fsp3) is 0.0938. The Hall–Kier alpha value is -4.64. The number of aryl methyl sites for hydroxylation is 1. The molecule has 0 aliphatic carbocycles. The van der Waals surface area contributed by atoms with Gasteiger partial charge in [0.15, 0.2) is 0 Å². The molecule has 0 heterocycles. The van der Waals surface area contributed by atoms with Gasteiger partial charge in [-0.15, -0.1) is 11.8 Å². The molecule has 9 nitrogen and oxygen atoms in total. The van der Waals surface area contributed by atoms with E-state index >= 15 is 0 Å². The Morgan fingerprint density at radius 1 is 0.909 bits per heavy atom. The van der Waals surface area contributed by atoms with Crippen LogP contribution in [0.5, 0.6) is 0 Å². The van der Waals surface area contributed by atoms with E-state index in [1.807, 2.05) is 0 Å². The highest BCUT2D eigenvalue weighted by molar-refractivity contribution is 8.00. The summed E-state index contributed by atoms with van der Waals surface area (Å²) >= 11 is 13.6. The minimum absolute atomic E-state index is 0.0386. The minimum Gasteiger partial charge on any atom is -0.325 e. The van der Waals surface area contributed by atoms with Gasteiger partial charge < -0.3 is 16.0 Å². The summed E-state index contributed by atoms with van der Waals surface area (Å²) in [5, 5.41) is 19.5. The molecular weight excluding hydrogens is 623 g/mol. The summed E-state index contributed by atoms with van der Waals surface area (Å²) in [7, 11) is 0. The number of nitrogens with zero attached hydrogens (tertiary/aromatic N) is 1. The highest BCUT2D eigenvalue weighted by Gasteiger charge is 2.19. The summed E-state index contributed by atoms with van der Waals surface area (Å²) < 4.78 is 0. The third-order valence-electron chi connectivity index (χ3n) is 6.28. The van der Waals surface area contributed by atoms with Gasteiger partial charge in [-0.05, 0) is 79.6 Å². The lowest BCUT2D eigenvalue weighted by atomic mass is 10.1. The number of nitrogens with one attached hydrogen (secondary N) is 3. The number of thioether (sulfide) groups is 1. The number of anilines is 2. The lowest BCUT2D eigenvalue weighted by Crippen LogP contribution is -2.30. The van der Waals surface area contributed by atoms with Crippen molar-refractivity contribution in [3.8, 4) is 0 Å². The second-order valence-electron chi connectivity index (χ2n) is 9.53. The van der Waals surface area contributed by atoms with Gasteiger partial charge in [0.2, 0.25) is 5.91 Å². The Labute approximate surface area is 267 Å². The molecule has 12 heteroatoms. The van der Waals surface area contributed by atoms with Crippen LogP contribution in [0.3, 0.4) is 0 Å². The van der Waals surface area contributed by atoms with E-state index in [1.165, 1.54) is 36.0 Å². The van der Waals surface area contributed by atoms with Gasteiger partial charge in [0, 0.05) is 38.3 Å². The molecule has 0 radical (unpaired) electrons. The number of halogens is 2. The van der Waals surface area contributed by atoms with Crippen LogP contribution in [-0.4, -0.2) is 27.9 Å². The molecule has 224 valence electrons. The van der Waals surface area contributed by atoms with Crippen molar-refractivity contribution in [2.75, 3.05) is 10.6 Å². The van der Waals surface area contributed by atoms with Crippen LogP contribution < -0.4 is 16.0 Å². The maximum atomic E-state index is 13.3. The van der Waals surface area contributed by atoms with Crippen molar-refractivity contribution in [3.05, 3.63) is 134 Å². The number of hydrogen-bond acceptors (Lipinski definition) is 6. The van der Waals surface area contributed by atoms with Crippen LogP contribution in [0.2, 0.25) is 10.0 Å². The zero-order chi connectivity index (χ0) is 31.8. The summed E-state index contributed by atoms with van der Waals surface area (Å²) in [6.45, 7) is 3.47. The van der Waals surface area contributed by atoms with Crippen molar-refractivity contribution < 1.29 is 19.3 Å². The van der Waals surface area contributed by atoms with E-state index in [-0.39, 0.29) is 17.3 Å². The van der Waals surface area contributed by atoms with Gasteiger partial charge in [0.25, 0.3) is 17.5 Å². The van der Waals surface area contributed by atoms with Crippen LogP contribution in [0, 0.1) is 17.0 Å². The van der Waals surface area contributed by atoms with Gasteiger partial charge in [-0.25, -0.2) is 0 Å². The second kappa shape index (κ2) is 14.7. The molecule has 0 aromatic heterocycles. The predicted octanol–water partition coefficient (Wildman–Crippen LogP) is 7.74. The first-order valence-electron chi connectivity index (χ1n) is 13.2. The zero-order valence-electron chi connectivity index (χ0n) is 23.5. The number of nitro groups is 1. The number of amides is 3. The van der Waals surface area contributed by atoms with E-state index in [4.69, 9.17) is 23.2 Å². The van der Waals surface area contributed by atoms with E-state index in [0.29, 0.717) is 38.1 Å². The maximum Gasteiger partial charge on any atom is 0.272 e. The molecule has 0 bridgehead atoms. The highest BCUT2D eigenvalue weighted by atomic mass is 35.5. The number of benzene rings is 4. The number of non-ortho nitro benzene ring substituents is 1. The molecule has 1 unspecified atom stereocenters. The first-order chi connectivity index (χ1) is 21.0. The monoisotopic (exact) mass is 648 g/mol. The van der Waals surface area contributed by atoms with Crippen LogP contribution in [-0.2, 0) is 9.59 Å². The lowest BCUT2D eigenvalue weighted by molar-refractivity contribution is -0.384. The summed E-state index contributed by atoms with van der Waals surface area (Å²) in [5.41, 5.74) is 2.22. The van der Waals surface area contributed by atoms with Crippen LogP contribution in [0.4, 0.5) is 17.1 Å². The first-order valence-corrected chi connectivity index (χ1v) is 14.8. The number of rotatable bonds is 10. The Balaban J connectivity index is 1.45. The summed E-state index contributed by atoms with van der Waals surface area (Å²) in [5.74, 6) is -1.38. The van der Waals surface area contributed by atoms with E-state index < -0.39 is 22.0 Å². The van der Waals surface area contributed by atoms with Crippen molar-refractivity contribution in [2.45, 2.75) is 24.0 Å². The number of nitro benzene ring substituents is 1. The Bertz CT molecular complexity index is 1750. The fourth-order valence-electron chi connectivity index (χ4n) is 3.88. The van der Waals surface area contributed by atoms with Gasteiger partial charge in [0.05, 0.1) is 15.9 Å². The van der Waals surface area contributed by atoms with Gasteiger partial charge in [-0.2, -0.15) is 0 Å². The highest BCUT2D eigenvalue weighted by Crippen LogP contribution is 2.28. The second-order valence-corrected chi connectivity index (χ2v) is 11.8. The molecule has 0 aliphatic rings. The minimum atomic E-state index is -0.583. The molecule has 0 aliphatic heterocycles. The van der Waals surface area contributed by atoms with Gasteiger partial charge in [-0.1, -0.05) is 53.5 Å². The largest absolute Gasteiger partial charge is 0.325 e. The van der Waals surface area contributed by atoms with E-state index in [1.54, 1.807) is 86.6 Å². The molecule has 0 spiro atoms. The third-order valence-corrected chi connectivity index (χ3v) is 7.95. The SMILES string of the molecule is Cc1ccc([N+](=O)[O-])cc1NC(=O)C(C)Sc1ccc(NC(=O)/C(=C/c2ccc(Cl)cc2Cl)NC(=O)c2ccccc2)cc1. The fourth-order valence-corrected chi connectivity index (χ4v) is 5.21.